The van der Waals surface area contributed by atoms with E-state index in [0.29, 0.717) is 5.69 Å². The Labute approximate surface area is 109 Å². The topological polar surface area (TPSA) is 75.4 Å². The van der Waals surface area contributed by atoms with Crippen molar-refractivity contribution < 1.29 is 8.42 Å². The molecule has 3 N–H and O–H groups in total. The quantitative estimate of drug-likeness (QED) is 0.821. The first kappa shape index (κ1) is 14.8. The van der Waals surface area contributed by atoms with E-state index in [1.54, 1.807) is 12.1 Å². The summed E-state index contributed by atoms with van der Waals surface area (Å²) in [6.07, 6.45) is 0. The number of hydrogen-bond acceptors (Lipinski definition) is 4. The van der Waals surface area contributed by atoms with Gasteiger partial charge in [0.1, 0.15) is 0 Å². The largest absolute Gasteiger partial charge is 0.397 e. The lowest BCUT2D eigenvalue weighted by atomic mass is 10.1. The average molecular weight is 271 g/mol. The first-order valence-corrected chi connectivity index (χ1v) is 7.08. The molecule has 0 heterocycles. The summed E-state index contributed by atoms with van der Waals surface area (Å²) in [5.74, 6) is 0. The first-order chi connectivity index (χ1) is 8.04. The molecule has 0 amide bonds. The van der Waals surface area contributed by atoms with Crippen LogP contribution in [0.5, 0.6) is 0 Å². The van der Waals surface area contributed by atoms with Crippen LogP contribution >= 0.6 is 0 Å². The second-order valence-electron chi connectivity index (χ2n) is 5.41. The van der Waals surface area contributed by atoms with Crippen molar-refractivity contribution in [2.24, 2.45) is 0 Å². The monoisotopic (exact) mass is 271 g/mol. The molecule has 0 bridgehead atoms. The van der Waals surface area contributed by atoms with Crippen LogP contribution in [0.2, 0.25) is 0 Å². The average Bonchev–Trinajstić information content (AvgIpc) is 2.18. The summed E-state index contributed by atoms with van der Waals surface area (Å²) in [4.78, 5) is 0.199. The van der Waals surface area contributed by atoms with Crippen molar-refractivity contribution in [3.8, 4) is 0 Å². The molecule has 0 saturated heterocycles. The van der Waals surface area contributed by atoms with Crippen LogP contribution in [0, 0.1) is 0 Å². The van der Waals surface area contributed by atoms with Gasteiger partial charge in [-0.1, -0.05) is 0 Å². The van der Waals surface area contributed by atoms with Gasteiger partial charge in [0.2, 0.25) is 10.0 Å². The van der Waals surface area contributed by atoms with Gasteiger partial charge >= 0.3 is 0 Å². The van der Waals surface area contributed by atoms with Crippen molar-refractivity contribution in [2.75, 3.05) is 25.1 Å². The standard InChI is InChI=1S/C12H21N3O2S/c1-12(2,3)14-11-7-6-9(8-10(11)13)18(16,17)15(4)5/h6-8,14H,13H2,1-5H3. The summed E-state index contributed by atoms with van der Waals surface area (Å²) >= 11 is 0. The molecule has 0 aromatic heterocycles. The minimum Gasteiger partial charge on any atom is -0.397 e. The zero-order valence-electron chi connectivity index (χ0n) is 11.5. The van der Waals surface area contributed by atoms with E-state index < -0.39 is 10.0 Å². The Hall–Kier alpha value is -1.27. The van der Waals surface area contributed by atoms with Gasteiger partial charge in [-0.05, 0) is 39.0 Å². The Morgan fingerprint density at radius 3 is 2.17 bits per heavy atom. The van der Waals surface area contributed by atoms with Crippen LogP contribution in [0.4, 0.5) is 11.4 Å². The minimum absolute atomic E-state index is 0.129. The molecule has 0 radical (unpaired) electrons. The molecule has 0 atom stereocenters. The predicted molar refractivity (Wildman–Crippen MR) is 75.1 cm³/mol. The number of anilines is 2. The molecule has 0 saturated carbocycles. The van der Waals surface area contributed by atoms with Gasteiger partial charge in [0.15, 0.2) is 0 Å². The number of hydrogen-bond donors (Lipinski definition) is 2. The fourth-order valence-corrected chi connectivity index (χ4v) is 2.37. The summed E-state index contributed by atoms with van der Waals surface area (Å²) in [5, 5.41) is 3.22. The van der Waals surface area contributed by atoms with Gasteiger partial charge in [-0.3, -0.25) is 0 Å². The lowest BCUT2D eigenvalue weighted by Crippen LogP contribution is -2.27. The second kappa shape index (κ2) is 4.78. The Morgan fingerprint density at radius 2 is 1.78 bits per heavy atom. The molecule has 6 heteroatoms. The number of nitrogens with one attached hydrogen (secondary N) is 1. The fraction of sp³-hybridized carbons (Fsp3) is 0.500. The molecule has 1 rings (SSSR count). The lowest BCUT2D eigenvalue weighted by molar-refractivity contribution is 0.521. The maximum absolute atomic E-state index is 11.9. The van der Waals surface area contributed by atoms with Gasteiger partial charge < -0.3 is 11.1 Å². The predicted octanol–water partition coefficient (Wildman–Crippen LogP) is 1.73. The molecule has 1 aromatic rings. The van der Waals surface area contributed by atoms with Gasteiger partial charge in [0, 0.05) is 19.6 Å². The highest BCUT2D eigenvalue weighted by Crippen LogP contribution is 2.26. The number of sulfonamides is 1. The van der Waals surface area contributed by atoms with E-state index in [4.69, 9.17) is 5.73 Å². The molecule has 0 spiro atoms. The molecule has 0 aliphatic heterocycles. The highest BCUT2D eigenvalue weighted by Gasteiger charge is 2.19. The second-order valence-corrected chi connectivity index (χ2v) is 7.56. The van der Waals surface area contributed by atoms with Crippen LogP contribution < -0.4 is 11.1 Å². The SMILES string of the molecule is CN(C)S(=O)(=O)c1ccc(NC(C)(C)C)c(N)c1. The third-order valence-electron chi connectivity index (χ3n) is 2.31. The van der Waals surface area contributed by atoms with Crippen molar-refractivity contribution >= 4 is 21.4 Å². The molecule has 0 fully saturated rings. The van der Waals surface area contributed by atoms with Crippen molar-refractivity contribution in [3.05, 3.63) is 18.2 Å². The van der Waals surface area contributed by atoms with E-state index in [-0.39, 0.29) is 10.4 Å². The minimum atomic E-state index is -3.43. The Bertz CT molecular complexity index is 531. The van der Waals surface area contributed by atoms with Crippen molar-refractivity contribution in [2.45, 2.75) is 31.2 Å². The van der Waals surface area contributed by atoms with E-state index >= 15 is 0 Å². The summed E-state index contributed by atoms with van der Waals surface area (Å²) in [5.41, 5.74) is 6.91. The lowest BCUT2D eigenvalue weighted by Gasteiger charge is -2.23. The van der Waals surface area contributed by atoms with Gasteiger partial charge in [-0.15, -0.1) is 0 Å². The molecule has 0 aliphatic rings. The smallest absolute Gasteiger partial charge is 0.242 e. The highest BCUT2D eigenvalue weighted by atomic mass is 32.2. The van der Waals surface area contributed by atoms with Gasteiger partial charge in [0.25, 0.3) is 0 Å². The maximum Gasteiger partial charge on any atom is 0.242 e. The summed E-state index contributed by atoms with van der Waals surface area (Å²) in [6.45, 7) is 6.03. The maximum atomic E-state index is 11.9. The van der Waals surface area contributed by atoms with Crippen LogP contribution in [0.15, 0.2) is 23.1 Å². The Morgan fingerprint density at radius 1 is 1.22 bits per heavy atom. The molecule has 18 heavy (non-hydrogen) atoms. The number of rotatable bonds is 3. The third kappa shape index (κ3) is 3.36. The molecule has 0 unspecified atom stereocenters. The molecule has 0 aliphatic carbocycles. The van der Waals surface area contributed by atoms with E-state index in [1.807, 2.05) is 20.8 Å². The van der Waals surface area contributed by atoms with Crippen molar-refractivity contribution in [1.29, 1.82) is 0 Å². The first-order valence-electron chi connectivity index (χ1n) is 5.64. The number of nitrogens with two attached hydrogens (primary N) is 1. The summed E-state index contributed by atoms with van der Waals surface area (Å²) < 4.78 is 25.0. The van der Waals surface area contributed by atoms with E-state index in [0.717, 1.165) is 5.69 Å². The molecular weight excluding hydrogens is 250 g/mol. The van der Waals surface area contributed by atoms with Gasteiger partial charge in [-0.2, -0.15) is 0 Å². The van der Waals surface area contributed by atoms with E-state index in [1.165, 1.54) is 24.5 Å². The fourth-order valence-electron chi connectivity index (χ4n) is 1.43. The van der Waals surface area contributed by atoms with Crippen LogP contribution in [-0.4, -0.2) is 32.4 Å². The van der Waals surface area contributed by atoms with Crippen LogP contribution in [-0.2, 0) is 10.0 Å². The summed E-state index contributed by atoms with van der Waals surface area (Å²) in [7, 11) is -0.449. The number of nitrogen functional groups attached to an aromatic ring is 1. The zero-order chi connectivity index (χ0) is 14.1. The van der Waals surface area contributed by atoms with Crippen LogP contribution in [0.25, 0.3) is 0 Å². The van der Waals surface area contributed by atoms with Crippen LogP contribution in [0.3, 0.4) is 0 Å². The molecule has 5 nitrogen and oxygen atoms in total. The molecule has 102 valence electrons. The Balaban J connectivity index is 3.15. The normalized spacial score (nSPS) is 12.8. The number of nitrogens with zero attached hydrogens (tertiary/aromatic N) is 1. The highest BCUT2D eigenvalue weighted by molar-refractivity contribution is 7.89. The third-order valence-corrected chi connectivity index (χ3v) is 4.12. The van der Waals surface area contributed by atoms with Crippen LogP contribution in [0.1, 0.15) is 20.8 Å². The molecule has 1 aromatic carbocycles. The van der Waals surface area contributed by atoms with Crippen molar-refractivity contribution in [3.63, 3.8) is 0 Å². The number of benzene rings is 1. The van der Waals surface area contributed by atoms with E-state index in [2.05, 4.69) is 5.32 Å². The van der Waals surface area contributed by atoms with Gasteiger partial charge in [0.05, 0.1) is 16.3 Å². The summed E-state index contributed by atoms with van der Waals surface area (Å²) in [6, 6.07) is 4.72. The van der Waals surface area contributed by atoms with Crippen molar-refractivity contribution in [1.82, 2.24) is 4.31 Å². The van der Waals surface area contributed by atoms with E-state index in [9.17, 15) is 8.42 Å². The molecular formula is C12H21N3O2S. The van der Waals surface area contributed by atoms with Gasteiger partial charge in [-0.25, -0.2) is 12.7 Å². The Kier molecular flexibility index (Phi) is 3.92. The zero-order valence-corrected chi connectivity index (χ0v) is 12.3.